The summed E-state index contributed by atoms with van der Waals surface area (Å²) >= 11 is 6.02. The fourth-order valence-electron chi connectivity index (χ4n) is 4.52. The van der Waals surface area contributed by atoms with E-state index in [9.17, 15) is 4.79 Å². The van der Waals surface area contributed by atoms with Crippen LogP contribution in [-0.2, 0) is 12.1 Å². The number of nitrogens with one attached hydrogen (secondary N) is 1. The molecule has 0 spiro atoms. The molecule has 0 atom stereocenters. The predicted octanol–water partition coefficient (Wildman–Crippen LogP) is 6.54. The van der Waals surface area contributed by atoms with Gasteiger partial charge in [-0.25, -0.2) is 0 Å². The fraction of sp³-hybridized carbons (Fsp3) is 0.400. The maximum atomic E-state index is 13.3. The van der Waals surface area contributed by atoms with Gasteiger partial charge in [0.2, 0.25) is 0 Å². The van der Waals surface area contributed by atoms with Crippen molar-refractivity contribution in [3.05, 3.63) is 70.9 Å². The maximum absolute atomic E-state index is 13.3. The van der Waals surface area contributed by atoms with Crippen molar-refractivity contribution in [2.24, 2.45) is 5.92 Å². The monoisotopic (exact) mass is 408 g/mol. The summed E-state index contributed by atoms with van der Waals surface area (Å²) in [6.45, 7) is 5.04. The Morgan fingerprint density at radius 2 is 1.76 bits per heavy atom. The van der Waals surface area contributed by atoms with Crippen LogP contribution in [0.25, 0.3) is 10.9 Å². The Labute approximate surface area is 178 Å². The molecule has 2 aromatic carbocycles. The van der Waals surface area contributed by atoms with Gasteiger partial charge in [0.05, 0.1) is 11.1 Å². The second-order valence-corrected chi connectivity index (χ2v) is 9.24. The molecule has 1 saturated carbocycles. The van der Waals surface area contributed by atoms with Crippen molar-refractivity contribution in [1.82, 2.24) is 9.88 Å². The van der Waals surface area contributed by atoms with E-state index in [-0.39, 0.29) is 5.91 Å². The van der Waals surface area contributed by atoms with Crippen LogP contribution in [-0.4, -0.2) is 10.5 Å². The predicted molar refractivity (Wildman–Crippen MR) is 120 cm³/mol. The lowest BCUT2D eigenvalue weighted by molar-refractivity contribution is 0.0913. The van der Waals surface area contributed by atoms with Crippen LogP contribution in [0.2, 0.25) is 5.02 Å². The average Bonchev–Trinajstić information content (AvgIpc) is 3.08. The normalized spacial score (nSPS) is 15.6. The van der Waals surface area contributed by atoms with E-state index in [1.54, 1.807) is 0 Å². The van der Waals surface area contributed by atoms with Crippen molar-refractivity contribution < 1.29 is 4.79 Å². The van der Waals surface area contributed by atoms with Gasteiger partial charge in [-0.05, 0) is 56.4 Å². The van der Waals surface area contributed by atoms with Crippen LogP contribution in [0.3, 0.4) is 0 Å². The van der Waals surface area contributed by atoms with Crippen LogP contribution in [0.5, 0.6) is 0 Å². The fourth-order valence-corrected chi connectivity index (χ4v) is 4.64. The summed E-state index contributed by atoms with van der Waals surface area (Å²) in [6.07, 6.45) is 8.64. The van der Waals surface area contributed by atoms with Crippen molar-refractivity contribution in [3.63, 3.8) is 0 Å². The lowest BCUT2D eigenvalue weighted by Crippen LogP contribution is -2.40. The van der Waals surface area contributed by atoms with Gasteiger partial charge in [-0.3, -0.25) is 4.79 Å². The number of carbonyl (C=O) groups is 1. The van der Waals surface area contributed by atoms with Gasteiger partial charge in [-0.1, -0.05) is 61.2 Å². The van der Waals surface area contributed by atoms with E-state index < -0.39 is 5.54 Å². The number of nitrogens with zero attached hydrogens (tertiary/aromatic N) is 1. The summed E-state index contributed by atoms with van der Waals surface area (Å²) in [7, 11) is 0. The van der Waals surface area contributed by atoms with Gasteiger partial charge in [0, 0.05) is 28.7 Å². The highest BCUT2D eigenvalue weighted by Gasteiger charge is 2.26. The Kier molecular flexibility index (Phi) is 5.69. The lowest BCUT2D eigenvalue weighted by Gasteiger charge is -2.27. The Bertz CT molecular complexity index is 997. The first-order chi connectivity index (χ1) is 13.9. The van der Waals surface area contributed by atoms with Crippen LogP contribution in [0.4, 0.5) is 0 Å². The molecule has 3 nitrogen and oxygen atoms in total. The molecule has 3 aromatic rings. The molecule has 0 saturated heterocycles. The van der Waals surface area contributed by atoms with E-state index in [4.69, 9.17) is 11.6 Å². The zero-order valence-electron chi connectivity index (χ0n) is 17.2. The molecular formula is C25H29ClN2O. The molecule has 1 aliphatic carbocycles. The zero-order chi connectivity index (χ0) is 20.4. The van der Waals surface area contributed by atoms with Crippen molar-refractivity contribution in [1.29, 1.82) is 0 Å². The Morgan fingerprint density at radius 3 is 2.48 bits per heavy atom. The molecule has 152 valence electrons. The van der Waals surface area contributed by atoms with E-state index in [0.717, 1.165) is 28.6 Å². The minimum absolute atomic E-state index is 0.0384. The number of amides is 1. The lowest BCUT2D eigenvalue weighted by atomic mass is 9.89. The highest BCUT2D eigenvalue weighted by molar-refractivity contribution is 6.30. The molecular weight excluding hydrogens is 380 g/mol. The molecule has 1 amide bonds. The van der Waals surface area contributed by atoms with Crippen LogP contribution in [0.1, 0.15) is 61.9 Å². The molecule has 0 radical (unpaired) electrons. The summed E-state index contributed by atoms with van der Waals surface area (Å²) in [5.41, 5.74) is 2.43. The molecule has 1 N–H and O–H groups in total. The van der Waals surface area contributed by atoms with E-state index in [1.165, 1.54) is 32.1 Å². The number of para-hydroxylation sites is 1. The Morgan fingerprint density at radius 1 is 1.07 bits per heavy atom. The van der Waals surface area contributed by atoms with Gasteiger partial charge < -0.3 is 9.88 Å². The summed E-state index contributed by atoms with van der Waals surface area (Å²) < 4.78 is 2.29. The highest BCUT2D eigenvalue weighted by Crippen LogP contribution is 2.29. The standard InChI is InChI=1S/C25H29ClN2O/c1-25(2,19-12-14-20(26)15-13-19)27-24(29)22-17-28(16-18-8-4-3-5-9-18)23-11-7-6-10-21(22)23/h6-7,10-15,17-18H,3-5,8-9,16H2,1-2H3,(H,27,29). The number of hydrogen-bond donors (Lipinski definition) is 1. The number of fused-ring (bicyclic) bond motifs is 1. The van der Waals surface area contributed by atoms with Crippen LogP contribution >= 0.6 is 11.6 Å². The highest BCUT2D eigenvalue weighted by atomic mass is 35.5. The molecule has 4 heteroatoms. The number of rotatable bonds is 5. The van der Waals surface area contributed by atoms with Gasteiger partial charge in [0.25, 0.3) is 5.91 Å². The Hall–Kier alpha value is -2.26. The minimum Gasteiger partial charge on any atom is -0.346 e. The van der Waals surface area contributed by atoms with Crippen molar-refractivity contribution in [3.8, 4) is 0 Å². The minimum atomic E-state index is -0.492. The third-order valence-corrected chi connectivity index (χ3v) is 6.46. The molecule has 1 heterocycles. The average molecular weight is 409 g/mol. The van der Waals surface area contributed by atoms with Gasteiger partial charge in [-0.2, -0.15) is 0 Å². The molecule has 0 aliphatic heterocycles. The van der Waals surface area contributed by atoms with E-state index >= 15 is 0 Å². The van der Waals surface area contributed by atoms with Crippen LogP contribution < -0.4 is 5.32 Å². The van der Waals surface area contributed by atoms with Gasteiger partial charge in [0.1, 0.15) is 0 Å². The number of carbonyl (C=O) groups excluding carboxylic acids is 1. The van der Waals surface area contributed by atoms with Gasteiger partial charge in [-0.15, -0.1) is 0 Å². The SMILES string of the molecule is CC(C)(NC(=O)c1cn(CC2CCCCC2)c2ccccc12)c1ccc(Cl)cc1. The van der Waals surface area contributed by atoms with Gasteiger partial charge >= 0.3 is 0 Å². The van der Waals surface area contributed by atoms with Crippen molar-refractivity contribution >= 4 is 28.4 Å². The molecule has 1 aromatic heterocycles. The Balaban J connectivity index is 1.61. The molecule has 1 aliphatic rings. The number of aromatic nitrogens is 1. The molecule has 0 unspecified atom stereocenters. The van der Waals surface area contributed by atoms with Gasteiger partial charge in [0.15, 0.2) is 0 Å². The summed E-state index contributed by atoms with van der Waals surface area (Å²) in [4.78, 5) is 13.3. The molecule has 29 heavy (non-hydrogen) atoms. The van der Waals surface area contributed by atoms with Crippen LogP contribution in [0.15, 0.2) is 54.7 Å². The van der Waals surface area contributed by atoms with E-state index in [2.05, 4.69) is 28.1 Å². The quantitative estimate of drug-likeness (QED) is 0.510. The topological polar surface area (TPSA) is 34.0 Å². The van der Waals surface area contributed by atoms with E-state index in [1.807, 2.05) is 50.4 Å². The van der Waals surface area contributed by atoms with Crippen molar-refractivity contribution in [2.45, 2.75) is 58.0 Å². The van der Waals surface area contributed by atoms with E-state index in [0.29, 0.717) is 10.9 Å². The van der Waals surface area contributed by atoms with Crippen LogP contribution in [0, 0.1) is 5.92 Å². The first-order valence-electron chi connectivity index (χ1n) is 10.6. The smallest absolute Gasteiger partial charge is 0.254 e. The van der Waals surface area contributed by atoms with Crippen molar-refractivity contribution in [2.75, 3.05) is 0 Å². The second-order valence-electron chi connectivity index (χ2n) is 8.80. The number of hydrogen-bond acceptors (Lipinski definition) is 1. The summed E-state index contributed by atoms with van der Waals surface area (Å²) in [5.74, 6) is 0.671. The first kappa shape index (κ1) is 20.0. The first-order valence-corrected chi connectivity index (χ1v) is 11.0. The zero-order valence-corrected chi connectivity index (χ0v) is 18.0. The maximum Gasteiger partial charge on any atom is 0.254 e. The summed E-state index contributed by atoms with van der Waals surface area (Å²) in [5, 5.41) is 4.94. The molecule has 4 rings (SSSR count). The molecule has 0 bridgehead atoms. The second kappa shape index (κ2) is 8.23. The molecule has 1 fully saturated rings. The third kappa shape index (κ3) is 4.35. The number of halogens is 1. The number of benzene rings is 2. The largest absolute Gasteiger partial charge is 0.346 e. The summed E-state index contributed by atoms with van der Waals surface area (Å²) in [6, 6.07) is 15.9. The third-order valence-electron chi connectivity index (χ3n) is 6.20.